The number of rotatable bonds is 5. The van der Waals surface area contributed by atoms with Gasteiger partial charge in [0.2, 0.25) is 5.91 Å². The third-order valence-corrected chi connectivity index (χ3v) is 4.62. The van der Waals surface area contributed by atoms with E-state index in [1.807, 2.05) is 68.4 Å². The van der Waals surface area contributed by atoms with E-state index in [-0.39, 0.29) is 31.4 Å². The van der Waals surface area contributed by atoms with Crippen molar-refractivity contribution in [2.45, 2.75) is 32.4 Å². The normalized spacial score (nSPS) is 18.9. The number of carbonyl (C=O) groups excluding carboxylic acids is 2. The minimum absolute atomic E-state index is 0.0992. The Bertz CT molecular complexity index is 805. The van der Waals surface area contributed by atoms with Gasteiger partial charge in [-0.1, -0.05) is 56.3 Å². The number of ether oxygens (including phenoxy) is 1. The summed E-state index contributed by atoms with van der Waals surface area (Å²) in [6, 6.07) is 16.7. The number of β-amino-alcohol motifs (C(OH)–C–C–N with tert-alkyl or cyclic N) is 1. The summed E-state index contributed by atoms with van der Waals surface area (Å²) in [6.07, 6.45) is -1.10. The van der Waals surface area contributed by atoms with Crippen molar-refractivity contribution in [1.29, 1.82) is 0 Å². The van der Waals surface area contributed by atoms with E-state index < -0.39 is 18.2 Å². The molecule has 6 nitrogen and oxygen atoms in total. The van der Waals surface area contributed by atoms with Crippen LogP contribution in [0.15, 0.2) is 54.6 Å². The first kappa shape index (κ1) is 19.9. The van der Waals surface area contributed by atoms with Crippen LogP contribution in [0, 0.1) is 5.92 Å². The van der Waals surface area contributed by atoms with E-state index in [9.17, 15) is 14.7 Å². The van der Waals surface area contributed by atoms with Gasteiger partial charge in [-0.05, 0) is 29.2 Å². The quantitative estimate of drug-likeness (QED) is 0.829. The molecule has 0 unspecified atom stereocenters. The molecule has 0 spiro atoms. The largest absolute Gasteiger partial charge is 0.449 e. The molecule has 2 aromatic carbocycles. The standard InChI is InChI=1S/C22H26N2O4/c1-15(2)14-28-22(27)24-13-19(25)12-20(24)21(26)23-18-10-8-17(9-11-18)16-6-4-3-5-7-16/h3-11,15,19-20,25H,12-14H2,1-2H3,(H,23,26)/t19-,20+/m1/s1. The van der Waals surface area contributed by atoms with Crippen LogP contribution in [0.5, 0.6) is 0 Å². The molecule has 1 fully saturated rings. The number of aliphatic hydroxyl groups excluding tert-OH is 1. The molecule has 148 valence electrons. The summed E-state index contributed by atoms with van der Waals surface area (Å²) < 4.78 is 5.23. The number of hydrogen-bond donors (Lipinski definition) is 2. The van der Waals surface area contributed by atoms with Gasteiger partial charge in [0, 0.05) is 12.1 Å². The number of hydrogen-bond acceptors (Lipinski definition) is 4. The molecule has 0 radical (unpaired) electrons. The Morgan fingerprint density at radius 1 is 1.11 bits per heavy atom. The molecule has 1 aliphatic rings. The summed E-state index contributed by atoms with van der Waals surface area (Å²) in [5.41, 5.74) is 2.79. The molecule has 28 heavy (non-hydrogen) atoms. The molecule has 0 aliphatic carbocycles. The predicted molar refractivity (Wildman–Crippen MR) is 108 cm³/mol. The summed E-state index contributed by atoms with van der Waals surface area (Å²) in [4.78, 5) is 26.3. The molecule has 0 bridgehead atoms. The molecule has 2 N–H and O–H groups in total. The molecule has 1 aliphatic heterocycles. The number of nitrogens with zero attached hydrogens (tertiary/aromatic N) is 1. The number of carbonyl (C=O) groups is 2. The van der Waals surface area contributed by atoms with Crippen molar-refractivity contribution in [2.24, 2.45) is 5.92 Å². The van der Waals surface area contributed by atoms with Crippen molar-refractivity contribution in [3.05, 3.63) is 54.6 Å². The van der Waals surface area contributed by atoms with E-state index in [0.29, 0.717) is 5.69 Å². The molecule has 1 heterocycles. The monoisotopic (exact) mass is 382 g/mol. The van der Waals surface area contributed by atoms with Gasteiger partial charge < -0.3 is 15.2 Å². The molecule has 2 aromatic rings. The lowest BCUT2D eigenvalue weighted by Crippen LogP contribution is -2.43. The zero-order chi connectivity index (χ0) is 20.1. The number of anilines is 1. The van der Waals surface area contributed by atoms with E-state index in [2.05, 4.69) is 5.32 Å². The lowest BCUT2D eigenvalue weighted by Gasteiger charge is -2.23. The van der Waals surface area contributed by atoms with Crippen LogP contribution in [-0.4, -0.2) is 47.3 Å². The minimum Gasteiger partial charge on any atom is -0.449 e. The summed E-state index contributed by atoms with van der Waals surface area (Å²) in [7, 11) is 0. The third-order valence-electron chi connectivity index (χ3n) is 4.62. The molecule has 0 saturated carbocycles. The molecular formula is C22H26N2O4. The van der Waals surface area contributed by atoms with Gasteiger partial charge in [0.25, 0.3) is 0 Å². The van der Waals surface area contributed by atoms with Gasteiger partial charge in [0.1, 0.15) is 6.04 Å². The lowest BCUT2D eigenvalue weighted by atomic mass is 10.1. The maximum atomic E-state index is 12.7. The molecular weight excluding hydrogens is 356 g/mol. The Labute approximate surface area is 165 Å². The van der Waals surface area contributed by atoms with Crippen LogP contribution >= 0.6 is 0 Å². The minimum atomic E-state index is -0.747. The van der Waals surface area contributed by atoms with Gasteiger partial charge in [0.05, 0.1) is 19.3 Å². The molecule has 3 rings (SSSR count). The molecule has 0 aromatic heterocycles. The van der Waals surface area contributed by atoms with Gasteiger partial charge in [-0.2, -0.15) is 0 Å². The van der Waals surface area contributed by atoms with Gasteiger partial charge in [0.15, 0.2) is 0 Å². The molecule has 2 atom stereocenters. The maximum absolute atomic E-state index is 12.7. The summed E-state index contributed by atoms with van der Waals surface area (Å²) in [6.45, 7) is 4.26. The summed E-state index contributed by atoms with van der Waals surface area (Å²) in [5, 5.41) is 12.8. The van der Waals surface area contributed by atoms with Crippen LogP contribution < -0.4 is 5.32 Å². The fraction of sp³-hybridized carbons (Fsp3) is 0.364. The smallest absolute Gasteiger partial charge is 0.410 e. The highest BCUT2D eigenvalue weighted by molar-refractivity contribution is 5.97. The Morgan fingerprint density at radius 2 is 1.75 bits per heavy atom. The average molecular weight is 382 g/mol. The highest BCUT2D eigenvalue weighted by Gasteiger charge is 2.39. The number of likely N-dealkylation sites (tertiary alicyclic amines) is 1. The van der Waals surface area contributed by atoms with E-state index in [1.54, 1.807) is 0 Å². The Morgan fingerprint density at radius 3 is 2.39 bits per heavy atom. The van der Waals surface area contributed by atoms with Crippen LogP contribution in [0.2, 0.25) is 0 Å². The van der Waals surface area contributed by atoms with Crippen molar-refractivity contribution in [1.82, 2.24) is 4.90 Å². The van der Waals surface area contributed by atoms with E-state index >= 15 is 0 Å². The lowest BCUT2D eigenvalue weighted by molar-refractivity contribution is -0.120. The second kappa shape index (κ2) is 8.89. The van der Waals surface area contributed by atoms with Crippen molar-refractivity contribution < 1.29 is 19.4 Å². The fourth-order valence-corrected chi connectivity index (χ4v) is 3.19. The zero-order valence-corrected chi connectivity index (χ0v) is 16.2. The van der Waals surface area contributed by atoms with Gasteiger partial charge in [-0.25, -0.2) is 4.79 Å². The van der Waals surface area contributed by atoms with Crippen molar-refractivity contribution >= 4 is 17.7 Å². The van der Waals surface area contributed by atoms with Crippen LogP contribution in [0.1, 0.15) is 20.3 Å². The second-order valence-corrected chi connectivity index (χ2v) is 7.46. The van der Waals surface area contributed by atoms with Crippen LogP contribution in [-0.2, 0) is 9.53 Å². The van der Waals surface area contributed by atoms with E-state index in [0.717, 1.165) is 11.1 Å². The van der Waals surface area contributed by atoms with Crippen molar-refractivity contribution in [2.75, 3.05) is 18.5 Å². The van der Waals surface area contributed by atoms with Crippen molar-refractivity contribution in [3.8, 4) is 11.1 Å². The molecule has 6 heteroatoms. The topological polar surface area (TPSA) is 78.9 Å². The van der Waals surface area contributed by atoms with Gasteiger partial charge in [-0.15, -0.1) is 0 Å². The van der Waals surface area contributed by atoms with Crippen LogP contribution in [0.4, 0.5) is 10.5 Å². The Hall–Kier alpha value is -2.86. The highest BCUT2D eigenvalue weighted by atomic mass is 16.6. The average Bonchev–Trinajstić information content (AvgIpc) is 3.09. The highest BCUT2D eigenvalue weighted by Crippen LogP contribution is 2.23. The maximum Gasteiger partial charge on any atom is 0.410 e. The number of amides is 2. The first-order chi connectivity index (χ1) is 13.4. The fourth-order valence-electron chi connectivity index (χ4n) is 3.19. The van der Waals surface area contributed by atoms with Crippen LogP contribution in [0.3, 0.4) is 0 Å². The van der Waals surface area contributed by atoms with Gasteiger partial charge in [-0.3, -0.25) is 9.69 Å². The third kappa shape index (κ3) is 4.89. The molecule has 1 saturated heterocycles. The zero-order valence-electron chi connectivity index (χ0n) is 16.2. The number of nitrogens with one attached hydrogen (secondary N) is 1. The van der Waals surface area contributed by atoms with Crippen LogP contribution in [0.25, 0.3) is 11.1 Å². The summed E-state index contributed by atoms with van der Waals surface area (Å²) in [5.74, 6) is -0.127. The van der Waals surface area contributed by atoms with E-state index in [1.165, 1.54) is 4.90 Å². The first-order valence-corrected chi connectivity index (χ1v) is 9.52. The predicted octanol–water partition coefficient (Wildman–Crippen LogP) is 3.52. The Balaban J connectivity index is 1.65. The summed E-state index contributed by atoms with van der Waals surface area (Å²) >= 11 is 0. The SMILES string of the molecule is CC(C)COC(=O)N1C[C@H](O)C[C@H]1C(=O)Nc1ccc(-c2ccccc2)cc1. The van der Waals surface area contributed by atoms with E-state index in [4.69, 9.17) is 4.74 Å². The molecule has 2 amide bonds. The first-order valence-electron chi connectivity index (χ1n) is 9.52. The van der Waals surface area contributed by atoms with Crippen molar-refractivity contribution in [3.63, 3.8) is 0 Å². The van der Waals surface area contributed by atoms with Gasteiger partial charge >= 0.3 is 6.09 Å². The number of benzene rings is 2. The number of aliphatic hydroxyl groups is 1. The Kier molecular flexibility index (Phi) is 6.31. The second-order valence-electron chi connectivity index (χ2n) is 7.46.